The van der Waals surface area contributed by atoms with E-state index in [-0.39, 0.29) is 5.91 Å². The molecule has 2 aromatic rings. The first kappa shape index (κ1) is 17.5. The lowest BCUT2D eigenvalue weighted by Gasteiger charge is -2.24. The van der Waals surface area contributed by atoms with Gasteiger partial charge < -0.3 is 10.1 Å². The van der Waals surface area contributed by atoms with Crippen LogP contribution in [0.1, 0.15) is 36.4 Å². The van der Waals surface area contributed by atoms with Gasteiger partial charge in [0.15, 0.2) is 0 Å². The van der Waals surface area contributed by atoms with Gasteiger partial charge in [0.2, 0.25) is 5.91 Å². The van der Waals surface area contributed by atoms with E-state index in [0.29, 0.717) is 23.0 Å². The lowest BCUT2D eigenvalue weighted by atomic mass is 10.0. The summed E-state index contributed by atoms with van der Waals surface area (Å²) >= 11 is 1.38. The molecule has 2 heterocycles. The largest absolute Gasteiger partial charge is 0.497 e. The number of ether oxygens (including phenoxy) is 1. The number of nitrogens with zero attached hydrogens (tertiary/aromatic N) is 2. The summed E-state index contributed by atoms with van der Waals surface area (Å²) in [6.45, 7) is 1.72. The monoisotopic (exact) mass is 355 g/mol. The van der Waals surface area contributed by atoms with Gasteiger partial charge in [0.1, 0.15) is 16.8 Å². The standard InChI is InChI=1S/C19H21N3O2S/c1-24-16-6-4-14(5-7-16)17-3-2-10-22(17)11-8-18(23)21-19-15(13-20)9-12-25-19/h4-7,9,12,17H,2-3,8,10-11H2,1H3,(H,21,23)/t17-/m1/s1. The molecular formula is C19H21N3O2S. The van der Waals surface area contributed by atoms with Crippen molar-refractivity contribution in [1.29, 1.82) is 5.26 Å². The van der Waals surface area contributed by atoms with Crippen molar-refractivity contribution >= 4 is 22.2 Å². The summed E-state index contributed by atoms with van der Waals surface area (Å²) in [4.78, 5) is 14.6. The number of hydrogen-bond donors (Lipinski definition) is 1. The highest BCUT2D eigenvalue weighted by molar-refractivity contribution is 7.14. The molecule has 0 unspecified atom stereocenters. The zero-order valence-electron chi connectivity index (χ0n) is 14.2. The van der Waals surface area contributed by atoms with Crippen molar-refractivity contribution in [3.8, 4) is 11.8 Å². The maximum absolute atomic E-state index is 12.2. The number of anilines is 1. The molecule has 1 aliphatic rings. The molecule has 5 nitrogen and oxygen atoms in total. The van der Waals surface area contributed by atoms with Crippen molar-refractivity contribution < 1.29 is 9.53 Å². The van der Waals surface area contributed by atoms with E-state index in [1.807, 2.05) is 17.5 Å². The second-order valence-electron chi connectivity index (χ2n) is 6.04. The smallest absolute Gasteiger partial charge is 0.226 e. The molecular weight excluding hydrogens is 334 g/mol. The molecule has 0 aliphatic carbocycles. The van der Waals surface area contributed by atoms with Crippen LogP contribution in [0.3, 0.4) is 0 Å². The molecule has 1 saturated heterocycles. The molecule has 1 N–H and O–H groups in total. The van der Waals surface area contributed by atoms with Crippen LogP contribution in [-0.4, -0.2) is 31.0 Å². The number of carbonyl (C=O) groups excluding carboxylic acids is 1. The summed E-state index contributed by atoms with van der Waals surface area (Å²) in [5.74, 6) is 0.816. The van der Waals surface area contributed by atoms with E-state index in [1.54, 1.807) is 13.2 Å². The number of amides is 1. The molecule has 0 saturated carbocycles. The van der Waals surface area contributed by atoms with Crippen molar-refractivity contribution in [1.82, 2.24) is 4.90 Å². The topological polar surface area (TPSA) is 65.4 Å². The summed E-state index contributed by atoms with van der Waals surface area (Å²) in [6, 6.07) is 12.3. The Hall–Kier alpha value is -2.36. The SMILES string of the molecule is COc1ccc([C@H]2CCCN2CCC(=O)Nc2sccc2C#N)cc1. The van der Waals surface area contributed by atoms with Crippen LogP contribution in [-0.2, 0) is 4.79 Å². The minimum absolute atomic E-state index is 0.0423. The van der Waals surface area contributed by atoms with Gasteiger partial charge in [-0.2, -0.15) is 5.26 Å². The Bertz CT molecular complexity index is 764. The number of carbonyl (C=O) groups is 1. The number of hydrogen-bond acceptors (Lipinski definition) is 5. The molecule has 0 radical (unpaired) electrons. The highest BCUT2D eigenvalue weighted by atomic mass is 32.1. The third kappa shape index (κ3) is 4.19. The lowest BCUT2D eigenvalue weighted by Crippen LogP contribution is -2.27. The van der Waals surface area contributed by atoms with E-state index in [0.717, 1.165) is 31.7 Å². The Morgan fingerprint density at radius 3 is 2.92 bits per heavy atom. The third-order valence-electron chi connectivity index (χ3n) is 4.53. The number of nitriles is 1. The maximum atomic E-state index is 12.2. The molecule has 1 aromatic carbocycles. The van der Waals surface area contributed by atoms with Crippen LogP contribution in [0.25, 0.3) is 0 Å². The van der Waals surface area contributed by atoms with Crippen LogP contribution >= 0.6 is 11.3 Å². The Kier molecular flexibility index (Phi) is 5.69. The van der Waals surface area contributed by atoms with Gasteiger partial charge in [-0.05, 0) is 48.5 Å². The summed E-state index contributed by atoms with van der Waals surface area (Å²) in [5, 5.41) is 14.3. The quantitative estimate of drug-likeness (QED) is 0.856. The molecule has 0 spiro atoms. The Morgan fingerprint density at radius 1 is 1.40 bits per heavy atom. The average Bonchev–Trinajstić information content (AvgIpc) is 3.29. The Labute approximate surface area is 151 Å². The van der Waals surface area contributed by atoms with E-state index < -0.39 is 0 Å². The highest BCUT2D eigenvalue weighted by Gasteiger charge is 2.26. The van der Waals surface area contributed by atoms with Crippen LogP contribution in [0, 0.1) is 11.3 Å². The number of nitrogens with one attached hydrogen (secondary N) is 1. The van der Waals surface area contributed by atoms with Gasteiger partial charge in [0.05, 0.1) is 12.7 Å². The number of benzene rings is 1. The molecule has 25 heavy (non-hydrogen) atoms. The number of thiophene rings is 1. The van der Waals surface area contributed by atoms with Gasteiger partial charge in [-0.15, -0.1) is 11.3 Å². The minimum Gasteiger partial charge on any atom is -0.497 e. The van der Waals surface area contributed by atoms with Crippen molar-refractivity contribution in [2.24, 2.45) is 0 Å². The zero-order valence-corrected chi connectivity index (χ0v) is 15.0. The molecule has 1 fully saturated rings. The van der Waals surface area contributed by atoms with Gasteiger partial charge in [-0.1, -0.05) is 12.1 Å². The van der Waals surface area contributed by atoms with Crippen molar-refractivity contribution in [2.45, 2.75) is 25.3 Å². The van der Waals surface area contributed by atoms with Gasteiger partial charge in [0.25, 0.3) is 0 Å². The van der Waals surface area contributed by atoms with E-state index in [9.17, 15) is 4.79 Å². The fraction of sp³-hybridized carbons (Fsp3) is 0.368. The summed E-state index contributed by atoms with van der Waals surface area (Å²) < 4.78 is 5.22. The number of likely N-dealkylation sites (tertiary alicyclic amines) is 1. The number of methoxy groups -OCH3 is 1. The van der Waals surface area contributed by atoms with Crippen LogP contribution in [0.5, 0.6) is 5.75 Å². The molecule has 1 aliphatic heterocycles. The predicted molar refractivity (Wildman–Crippen MR) is 98.8 cm³/mol. The van der Waals surface area contributed by atoms with Crippen LogP contribution in [0.4, 0.5) is 5.00 Å². The van der Waals surface area contributed by atoms with Crippen molar-refractivity contribution in [2.75, 3.05) is 25.5 Å². The first-order chi connectivity index (χ1) is 12.2. The second-order valence-corrected chi connectivity index (χ2v) is 6.96. The third-order valence-corrected chi connectivity index (χ3v) is 5.36. The fourth-order valence-electron chi connectivity index (χ4n) is 3.23. The van der Waals surface area contributed by atoms with Crippen LogP contribution in [0.2, 0.25) is 0 Å². The normalized spacial score (nSPS) is 17.2. The fourth-order valence-corrected chi connectivity index (χ4v) is 3.98. The van der Waals surface area contributed by atoms with Crippen molar-refractivity contribution in [3.63, 3.8) is 0 Å². The molecule has 3 rings (SSSR count). The van der Waals surface area contributed by atoms with E-state index >= 15 is 0 Å². The molecule has 1 amide bonds. The van der Waals surface area contributed by atoms with Gasteiger partial charge >= 0.3 is 0 Å². The second kappa shape index (κ2) is 8.15. The maximum Gasteiger partial charge on any atom is 0.226 e. The molecule has 6 heteroatoms. The summed E-state index contributed by atoms with van der Waals surface area (Å²) in [7, 11) is 1.67. The summed E-state index contributed by atoms with van der Waals surface area (Å²) in [6.07, 6.45) is 2.68. The first-order valence-electron chi connectivity index (χ1n) is 8.36. The number of rotatable bonds is 6. The van der Waals surface area contributed by atoms with Crippen LogP contribution < -0.4 is 10.1 Å². The first-order valence-corrected chi connectivity index (χ1v) is 9.24. The van der Waals surface area contributed by atoms with Gasteiger partial charge in [-0.3, -0.25) is 9.69 Å². The minimum atomic E-state index is -0.0423. The van der Waals surface area contributed by atoms with E-state index in [1.165, 1.54) is 16.9 Å². The van der Waals surface area contributed by atoms with Crippen molar-refractivity contribution in [3.05, 3.63) is 46.8 Å². The van der Waals surface area contributed by atoms with E-state index in [4.69, 9.17) is 10.00 Å². The van der Waals surface area contributed by atoms with Gasteiger partial charge in [0, 0.05) is 19.0 Å². The molecule has 130 valence electrons. The molecule has 1 aromatic heterocycles. The summed E-state index contributed by atoms with van der Waals surface area (Å²) in [5.41, 5.74) is 1.79. The zero-order chi connectivity index (χ0) is 17.6. The molecule has 1 atom stereocenters. The van der Waals surface area contributed by atoms with Crippen LogP contribution in [0.15, 0.2) is 35.7 Å². The van der Waals surface area contributed by atoms with E-state index in [2.05, 4.69) is 28.4 Å². The lowest BCUT2D eigenvalue weighted by molar-refractivity contribution is -0.116. The average molecular weight is 355 g/mol. The predicted octanol–water partition coefficient (Wildman–Crippen LogP) is 3.79. The Balaban J connectivity index is 1.56. The highest BCUT2D eigenvalue weighted by Crippen LogP contribution is 2.32. The Morgan fingerprint density at radius 2 is 2.20 bits per heavy atom. The van der Waals surface area contributed by atoms with Gasteiger partial charge in [-0.25, -0.2) is 0 Å². The molecule has 0 bridgehead atoms.